The van der Waals surface area contributed by atoms with Crippen molar-refractivity contribution in [3.8, 4) is 0 Å². The molecule has 0 aliphatic heterocycles. The molecule has 0 saturated carbocycles. The number of rotatable bonds is 3. The van der Waals surface area contributed by atoms with Crippen molar-refractivity contribution >= 4 is 5.57 Å². The molecule has 0 radical (unpaired) electrons. The molecule has 0 nitrogen and oxygen atoms in total. The summed E-state index contributed by atoms with van der Waals surface area (Å²) in [5, 5.41) is 0. The first-order valence-corrected chi connectivity index (χ1v) is 5.60. The Balaban J connectivity index is 3.33. The van der Waals surface area contributed by atoms with Crippen molar-refractivity contribution in [2.45, 2.75) is 20.0 Å². The molecule has 0 aromatic heterocycles. The summed E-state index contributed by atoms with van der Waals surface area (Å²) in [4.78, 5) is 0. The lowest BCUT2D eigenvalue weighted by atomic mass is 9.97. The third-order valence-corrected chi connectivity index (χ3v) is 2.59. The van der Waals surface area contributed by atoms with E-state index < -0.39 is 17.6 Å². The van der Waals surface area contributed by atoms with Crippen molar-refractivity contribution in [1.29, 1.82) is 0 Å². The van der Waals surface area contributed by atoms with Crippen molar-refractivity contribution < 1.29 is 17.6 Å². The zero-order chi connectivity index (χ0) is 14.6. The topological polar surface area (TPSA) is 0 Å². The number of hydrogen-bond acceptors (Lipinski definition) is 0. The third-order valence-electron chi connectivity index (χ3n) is 2.59. The quantitative estimate of drug-likeness (QED) is 0.505. The fourth-order valence-corrected chi connectivity index (χ4v) is 1.59. The van der Waals surface area contributed by atoms with Crippen LogP contribution in [0.2, 0.25) is 0 Å². The number of aryl methyl sites for hydroxylation is 1. The van der Waals surface area contributed by atoms with Crippen molar-refractivity contribution in [2.75, 3.05) is 0 Å². The molecule has 4 heteroatoms. The summed E-state index contributed by atoms with van der Waals surface area (Å²) in [5.74, 6) is -0.597. The smallest absolute Gasteiger partial charge is 0.207 e. The molecule has 0 heterocycles. The minimum absolute atomic E-state index is 0.0561. The highest BCUT2D eigenvalue weighted by molar-refractivity contribution is 5.69. The molecular weight excluding hydrogens is 256 g/mol. The van der Waals surface area contributed by atoms with Crippen molar-refractivity contribution in [2.24, 2.45) is 0 Å². The molecule has 0 fully saturated rings. The fourth-order valence-electron chi connectivity index (χ4n) is 1.59. The van der Waals surface area contributed by atoms with Gasteiger partial charge >= 0.3 is 6.18 Å². The van der Waals surface area contributed by atoms with Gasteiger partial charge in [0.15, 0.2) is 0 Å². The van der Waals surface area contributed by atoms with Gasteiger partial charge in [0, 0.05) is 0 Å². The average molecular weight is 270 g/mol. The van der Waals surface area contributed by atoms with Crippen LogP contribution in [0, 0.1) is 6.92 Å². The Kier molecular flexibility index (Phi) is 4.70. The maximum Gasteiger partial charge on any atom is 0.416 e. The molecule has 0 N–H and O–H groups in total. The van der Waals surface area contributed by atoms with Gasteiger partial charge < -0.3 is 0 Å². The molecule has 1 aromatic rings. The van der Waals surface area contributed by atoms with E-state index in [0.29, 0.717) is 11.1 Å². The third kappa shape index (κ3) is 4.09. The van der Waals surface area contributed by atoms with E-state index in [2.05, 4.69) is 6.58 Å². The lowest BCUT2D eigenvalue weighted by molar-refractivity contribution is -0.137. The van der Waals surface area contributed by atoms with E-state index in [1.54, 1.807) is 6.92 Å². The van der Waals surface area contributed by atoms with Gasteiger partial charge in [0.05, 0.1) is 5.56 Å². The molecule has 1 rings (SSSR count). The van der Waals surface area contributed by atoms with Gasteiger partial charge in [-0.2, -0.15) is 13.2 Å². The summed E-state index contributed by atoms with van der Waals surface area (Å²) in [5.41, 5.74) is 0.386. The number of allylic oxidation sites excluding steroid dienone is 5. The molecular formula is C15H14F4. The Labute approximate surface area is 109 Å². The summed E-state index contributed by atoms with van der Waals surface area (Å²) < 4.78 is 51.5. The molecule has 0 amide bonds. The van der Waals surface area contributed by atoms with Crippen LogP contribution in [-0.2, 0) is 6.18 Å². The second-order valence-electron chi connectivity index (χ2n) is 4.15. The first kappa shape index (κ1) is 15.2. The summed E-state index contributed by atoms with van der Waals surface area (Å²) in [6, 6.07) is 3.88. The molecule has 0 atom stereocenters. The maximum absolute atomic E-state index is 12.9. The zero-order valence-corrected chi connectivity index (χ0v) is 10.7. The van der Waals surface area contributed by atoms with Crippen LogP contribution in [0.4, 0.5) is 17.6 Å². The zero-order valence-electron chi connectivity index (χ0n) is 10.7. The summed E-state index contributed by atoms with van der Waals surface area (Å²) in [6.07, 6.45) is -1.05. The van der Waals surface area contributed by atoms with Gasteiger partial charge in [0.1, 0.15) is 5.83 Å². The van der Waals surface area contributed by atoms with Gasteiger partial charge in [0.2, 0.25) is 0 Å². The minimum Gasteiger partial charge on any atom is -0.207 e. The first-order chi connectivity index (χ1) is 8.75. The van der Waals surface area contributed by atoms with Crippen molar-refractivity contribution in [3.05, 3.63) is 65.5 Å². The normalized spacial score (nSPS) is 13.6. The van der Waals surface area contributed by atoms with Gasteiger partial charge in [0.25, 0.3) is 0 Å². The van der Waals surface area contributed by atoms with Crippen LogP contribution in [0.15, 0.2) is 48.8 Å². The minimum atomic E-state index is -4.43. The van der Waals surface area contributed by atoms with E-state index in [-0.39, 0.29) is 5.56 Å². The van der Waals surface area contributed by atoms with Gasteiger partial charge in [-0.25, -0.2) is 4.39 Å². The van der Waals surface area contributed by atoms with Crippen LogP contribution in [0.1, 0.15) is 23.6 Å². The van der Waals surface area contributed by atoms with Crippen LogP contribution in [0.3, 0.4) is 0 Å². The van der Waals surface area contributed by atoms with Gasteiger partial charge in [-0.15, -0.1) is 0 Å². The standard InChI is InChI=1S/C15H14F4/c1-4-12(16)7-6-11(3)13-9-10(2)5-8-14(13)15(17,18)19/h4-9H,1H2,2-3H3/b11-6+,12-7+. The van der Waals surface area contributed by atoms with Crippen LogP contribution in [0.5, 0.6) is 0 Å². The Hall–Kier alpha value is -1.84. The number of halogens is 4. The largest absolute Gasteiger partial charge is 0.416 e. The average Bonchev–Trinajstić information content (AvgIpc) is 2.33. The van der Waals surface area contributed by atoms with Gasteiger partial charge in [-0.05, 0) is 43.2 Å². The Bertz CT molecular complexity index is 534. The van der Waals surface area contributed by atoms with Crippen molar-refractivity contribution in [1.82, 2.24) is 0 Å². The Morgan fingerprint density at radius 1 is 1.21 bits per heavy atom. The predicted octanol–water partition coefficient (Wildman–Crippen LogP) is 5.46. The SMILES string of the molecule is C=C/C(F)=C\C=C(/C)c1cc(C)ccc1C(F)(F)F. The molecule has 0 aliphatic rings. The highest BCUT2D eigenvalue weighted by Crippen LogP contribution is 2.35. The van der Waals surface area contributed by atoms with Gasteiger partial charge in [-0.1, -0.05) is 30.4 Å². The van der Waals surface area contributed by atoms with Crippen LogP contribution in [-0.4, -0.2) is 0 Å². The molecule has 102 valence electrons. The second-order valence-corrected chi connectivity index (χ2v) is 4.15. The van der Waals surface area contributed by atoms with Crippen LogP contribution < -0.4 is 0 Å². The summed E-state index contributed by atoms with van der Waals surface area (Å²) in [7, 11) is 0. The molecule has 1 aromatic carbocycles. The van der Waals surface area contributed by atoms with E-state index >= 15 is 0 Å². The second kappa shape index (κ2) is 5.87. The lowest BCUT2D eigenvalue weighted by Crippen LogP contribution is -2.08. The molecule has 19 heavy (non-hydrogen) atoms. The number of alkyl halides is 3. The maximum atomic E-state index is 12.9. The van der Waals surface area contributed by atoms with E-state index in [9.17, 15) is 17.6 Å². The summed E-state index contributed by atoms with van der Waals surface area (Å²) in [6.45, 7) is 6.45. The Morgan fingerprint density at radius 2 is 1.84 bits per heavy atom. The predicted molar refractivity (Wildman–Crippen MR) is 69.2 cm³/mol. The van der Waals surface area contributed by atoms with Crippen LogP contribution >= 0.6 is 0 Å². The molecule has 0 spiro atoms. The van der Waals surface area contributed by atoms with E-state index in [0.717, 1.165) is 18.2 Å². The number of hydrogen-bond donors (Lipinski definition) is 0. The van der Waals surface area contributed by atoms with E-state index in [4.69, 9.17) is 0 Å². The Morgan fingerprint density at radius 3 is 2.37 bits per heavy atom. The van der Waals surface area contributed by atoms with E-state index in [1.165, 1.54) is 25.1 Å². The molecule has 0 aliphatic carbocycles. The molecule has 0 saturated heterocycles. The monoisotopic (exact) mass is 270 g/mol. The van der Waals surface area contributed by atoms with E-state index in [1.807, 2.05) is 0 Å². The first-order valence-electron chi connectivity index (χ1n) is 5.60. The highest BCUT2D eigenvalue weighted by Gasteiger charge is 2.33. The molecule has 0 unspecified atom stereocenters. The van der Waals surface area contributed by atoms with Crippen molar-refractivity contribution in [3.63, 3.8) is 0 Å². The molecule has 0 bridgehead atoms. The van der Waals surface area contributed by atoms with Gasteiger partial charge in [-0.3, -0.25) is 0 Å². The van der Waals surface area contributed by atoms with Crippen LogP contribution in [0.25, 0.3) is 5.57 Å². The fraction of sp³-hybridized carbons (Fsp3) is 0.200. The number of benzene rings is 1. The highest BCUT2D eigenvalue weighted by atomic mass is 19.4. The lowest BCUT2D eigenvalue weighted by Gasteiger charge is -2.13. The summed E-state index contributed by atoms with van der Waals surface area (Å²) >= 11 is 0.